The summed E-state index contributed by atoms with van der Waals surface area (Å²) in [4.78, 5) is 0. The minimum absolute atomic E-state index is 0.0358. The maximum atomic E-state index is 6.20. The van der Waals surface area contributed by atoms with Gasteiger partial charge in [-0.1, -0.05) is 37.6 Å². The molecule has 4 atom stereocenters. The Bertz CT molecular complexity index is 319. The minimum atomic E-state index is -0.0358. The van der Waals surface area contributed by atoms with Gasteiger partial charge in [-0.05, 0) is 33.1 Å². The van der Waals surface area contributed by atoms with Gasteiger partial charge in [-0.15, -0.1) is 0 Å². The summed E-state index contributed by atoms with van der Waals surface area (Å²) >= 11 is 0. The molecule has 90 valence electrons. The van der Waals surface area contributed by atoms with Gasteiger partial charge in [0.05, 0.1) is 11.7 Å². The normalized spacial score (nSPS) is 34.3. The average molecular weight is 220 g/mol. The van der Waals surface area contributed by atoms with Crippen LogP contribution in [0.2, 0.25) is 0 Å². The fourth-order valence-corrected chi connectivity index (χ4v) is 2.78. The molecule has 2 aliphatic carbocycles. The lowest BCUT2D eigenvalue weighted by molar-refractivity contribution is -0.0733. The van der Waals surface area contributed by atoms with Crippen molar-refractivity contribution in [2.75, 3.05) is 0 Å². The van der Waals surface area contributed by atoms with Crippen molar-refractivity contribution < 1.29 is 4.74 Å². The first-order valence-corrected chi connectivity index (χ1v) is 6.50. The van der Waals surface area contributed by atoms with Gasteiger partial charge in [0.2, 0.25) is 0 Å². The molecule has 0 saturated carbocycles. The molecule has 0 spiro atoms. The number of hydrogen-bond acceptors (Lipinski definition) is 1. The van der Waals surface area contributed by atoms with Crippen LogP contribution in [0.4, 0.5) is 0 Å². The van der Waals surface area contributed by atoms with E-state index in [2.05, 4.69) is 52.8 Å². The Balaban J connectivity index is 2.08. The second-order valence-electron chi connectivity index (χ2n) is 6.16. The lowest BCUT2D eigenvalue weighted by atomic mass is 9.89. The zero-order chi connectivity index (χ0) is 11.9. The van der Waals surface area contributed by atoms with Gasteiger partial charge in [0, 0.05) is 11.8 Å². The molecule has 1 nitrogen and oxygen atoms in total. The molecular weight excluding hydrogens is 196 g/mol. The summed E-state index contributed by atoms with van der Waals surface area (Å²) in [7, 11) is 0. The Morgan fingerprint density at radius 3 is 2.56 bits per heavy atom. The van der Waals surface area contributed by atoms with Crippen LogP contribution in [-0.4, -0.2) is 11.7 Å². The average Bonchev–Trinajstić information content (AvgIpc) is 2.72. The van der Waals surface area contributed by atoms with Gasteiger partial charge in [-0.2, -0.15) is 0 Å². The molecular formula is C15H24O. The summed E-state index contributed by atoms with van der Waals surface area (Å²) in [6.45, 7) is 11.0. The maximum Gasteiger partial charge on any atom is 0.0779 e. The van der Waals surface area contributed by atoms with Crippen molar-refractivity contribution in [1.29, 1.82) is 0 Å². The Morgan fingerprint density at radius 1 is 1.31 bits per heavy atom. The third-order valence-corrected chi connectivity index (χ3v) is 3.71. The van der Waals surface area contributed by atoms with Gasteiger partial charge in [0.25, 0.3) is 0 Å². The molecule has 2 bridgehead atoms. The molecule has 3 unspecified atom stereocenters. The van der Waals surface area contributed by atoms with Crippen molar-refractivity contribution in [2.24, 2.45) is 17.8 Å². The highest BCUT2D eigenvalue weighted by molar-refractivity contribution is 5.35. The second-order valence-corrected chi connectivity index (χ2v) is 6.16. The predicted molar refractivity (Wildman–Crippen MR) is 68.3 cm³/mol. The number of rotatable bonds is 3. The molecule has 0 radical (unpaired) electrons. The Kier molecular flexibility index (Phi) is 3.00. The Hall–Kier alpha value is -0.560. The van der Waals surface area contributed by atoms with Crippen molar-refractivity contribution in [2.45, 2.75) is 52.7 Å². The highest BCUT2D eigenvalue weighted by Gasteiger charge is 2.42. The van der Waals surface area contributed by atoms with Crippen LogP contribution in [0.25, 0.3) is 0 Å². The van der Waals surface area contributed by atoms with E-state index in [1.807, 2.05) is 0 Å². The minimum Gasteiger partial charge on any atom is -0.371 e. The molecule has 2 rings (SSSR count). The first-order valence-electron chi connectivity index (χ1n) is 6.50. The van der Waals surface area contributed by atoms with Gasteiger partial charge < -0.3 is 4.74 Å². The Morgan fingerprint density at radius 2 is 2.00 bits per heavy atom. The van der Waals surface area contributed by atoms with E-state index in [4.69, 9.17) is 4.74 Å². The monoisotopic (exact) mass is 220 g/mol. The van der Waals surface area contributed by atoms with Crippen LogP contribution >= 0.6 is 0 Å². The van der Waals surface area contributed by atoms with Gasteiger partial charge >= 0.3 is 0 Å². The summed E-state index contributed by atoms with van der Waals surface area (Å²) < 4.78 is 6.20. The lowest BCUT2D eigenvalue weighted by Crippen LogP contribution is -2.32. The molecule has 1 heteroatoms. The van der Waals surface area contributed by atoms with Crippen molar-refractivity contribution >= 4 is 0 Å². The van der Waals surface area contributed by atoms with Crippen molar-refractivity contribution in [3.05, 3.63) is 23.8 Å². The number of hydrogen-bond donors (Lipinski definition) is 0. The summed E-state index contributed by atoms with van der Waals surface area (Å²) in [6.07, 6.45) is 8.69. The molecule has 0 N–H and O–H groups in total. The van der Waals surface area contributed by atoms with Gasteiger partial charge in [0.15, 0.2) is 0 Å². The lowest BCUT2D eigenvalue weighted by Gasteiger charge is -2.29. The zero-order valence-corrected chi connectivity index (χ0v) is 11.2. The largest absolute Gasteiger partial charge is 0.371 e. The molecule has 0 aromatic carbocycles. The summed E-state index contributed by atoms with van der Waals surface area (Å²) in [5, 5.41) is 0. The molecule has 16 heavy (non-hydrogen) atoms. The van der Waals surface area contributed by atoms with Crippen molar-refractivity contribution in [3.8, 4) is 0 Å². The van der Waals surface area contributed by atoms with E-state index in [9.17, 15) is 0 Å². The third-order valence-electron chi connectivity index (χ3n) is 3.71. The van der Waals surface area contributed by atoms with Crippen LogP contribution in [0.3, 0.4) is 0 Å². The smallest absolute Gasteiger partial charge is 0.0779 e. The first kappa shape index (κ1) is 11.9. The number of fused-ring (bicyclic) bond motifs is 2. The molecule has 0 aromatic heterocycles. The van der Waals surface area contributed by atoms with E-state index in [0.717, 1.165) is 0 Å². The fourth-order valence-electron chi connectivity index (χ4n) is 2.78. The fraction of sp³-hybridized carbons (Fsp3) is 0.733. The van der Waals surface area contributed by atoms with Crippen LogP contribution in [-0.2, 0) is 4.74 Å². The highest BCUT2D eigenvalue weighted by atomic mass is 16.5. The highest BCUT2D eigenvalue weighted by Crippen LogP contribution is 2.45. The van der Waals surface area contributed by atoms with Crippen molar-refractivity contribution in [1.82, 2.24) is 0 Å². The second kappa shape index (κ2) is 4.03. The molecule has 0 heterocycles. The molecule has 0 amide bonds. The maximum absolute atomic E-state index is 6.20. The number of ether oxygens (including phenoxy) is 1. The molecule has 2 aliphatic rings. The van der Waals surface area contributed by atoms with Crippen molar-refractivity contribution in [3.63, 3.8) is 0 Å². The van der Waals surface area contributed by atoms with E-state index < -0.39 is 0 Å². The summed E-state index contributed by atoms with van der Waals surface area (Å²) in [5.41, 5.74) is 1.57. The van der Waals surface area contributed by atoms with Gasteiger partial charge in [-0.3, -0.25) is 0 Å². The third kappa shape index (κ3) is 2.10. The topological polar surface area (TPSA) is 9.23 Å². The first-order chi connectivity index (χ1) is 7.42. The predicted octanol–water partition coefficient (Wildman–Crippen LogP) is 3.96. The molecule has 0 aliphatic heterocycles. The van der Waals surface area contributed by atoms with E-state index in [1.165, 1.54) is 6.42 Å². The van der Waals surface area contributed by atoms with Gasteiger partial charge in [0.1, 0.15) is 0 Å². The SMILES string of the molecule is CCC(C)C1=CC2C=CC1[C@@H]2OC(C)(C)C. The van der Waals surface area contributed by atoms with Gasteiger partial charge in [-0.25, -0.2) is 0 Å². The summed E-state index contributed by atoms with van der Waals surface area (Å²) in [6, 6.07) is 0. The quantitative estimate of drug-likeness (QED) is 0.654. The van der Waals surface area contributed by atoms with Crippen LogP contribution < -0.4 is 0 Å². The van der Waals surface area contributed by atoms with Crippen LogP contribution in [0, 0.1) is 17.8 Å². The molecule has 0 saturated heterocycles. The summed E-state index contributed by atoms with van der Waals surface area (Å²) in [5.74, 6) is 1.76. The standard InChI is InChI=1S/C15H24O/c1-6-10(2)13-9-11-7-8-12(13)14(11)16-15(3,4)5/h7-12,14H,6H2,1-5H3/t10?,11?,12?,14-/m1/s1. The van der Waals surface area contributed by atoms with E-state index in [-0.39, 0.29) is 5.60 Å². The molecule has 0 aromatic rings. The zero-order valence-electron chi connectivity index (χ0n) is 11.2. The van der Waals surface area contributed by atoms with E-state index in [0.29, 0.717) is 23.9 Å². The van der Waals surface area contributed by atoms with E-state index in [1.54, 1.807) is 5.57 Å². The van der Waals surface area contributed by atoms with Crippen LogP contribution in [0.1, 0.15) is 41.0 Å². The molecule has 0 fully saturated rings. The van der Waals surface area contributed by atoms with Crippen LogP contribution in [0.15, 0.2) is 23.8 Å². The van der Waals surface area contributed by atoms with E-state index >= 15 is 0 Å². The Labute approximate surface area is 99.6 Å². The van der Waals surface area contributed by atoms with Crippen LogP contribution in [0.5, 0.6) is 0 Å².